The van der Waals surface area contributed by atoms with Crippen LogP contribution in [0.2, 0.25) is 0 Å². The van der Waals surface area contributed by atoms with Gasteiger partial charge in [0.2, 0.25) is 0 Å². The summed E-state index contributed by atoms with van der Waals surface area (Å²) < 4.78 is 9.64. The predicted octanol–water partition coefficient (Wildman–Crippen LogP) is 0.500. The second-order valence-corrected chi connectivity index (χ2v) is 5.34. The Balaban J connectivity index is 3.03. The highest BCUT2D eigenvalue weighted by atomic mass is 16.6. The molecule has 0 saturated carbocycles. The molecule has 1 aromatic rings. The average Bonchev–Trinajstić information content (AvgIpc) is 2.34. The molecule has 0 fully saturated rings. The number of nitrogens with one attached hydrogen (secondary N) is 1. The first kappa shape index (κ1) is 17.0. The maximum atomic E-state index is 11.7. The fourth-order valence-corrected chi connectivity index (χ4v) is 1.53. The zero-order valence-electron chi connectivity index (χ0n) is 12.3. The predicted molar refractivity (Wildman–Crippen MR) is 77.5 cm³/mol. The lowest BCUT2D eigenvalue weighted by Crippen LogP contribution is -2.32. The first-order valence-corrected chi connectivity index (χ1v) is 6.22. The Bertz CT molecular complexity index is 538. The molecule has 0 aliphatic carbocycles. The van der Waals surface area contributed by atoms with Crippen LogP contribution in [0.3, 0.4) is 0 Å². The number of benzene rings is 1. The summed E-state index contributed by atoms with van der Waals surface area (Å²) >= 11 is 0. The van der Waals surface area contributed by atoms with Crippen molar-refractivity contribution in [2.75, 3.05) is 12.4 Å². The summed E-state index contributed by atoms with van der Waals surface area (Å²) in [6.45, 7) is 5.13. The highest BCUT2D eigenvalue weighted by Gasteiger charge is 2.19. The molecule has 0 spiro atoms. The quantitative estimate of drug-likeness (QED) is 0.554. The van der Waals surface area contributed by atoms with E-state index in [9.17, 15) is 19.6 Å². The first-order chi connectivity index (χ1) is 9.62. The SMILES string of the molecule is COC(=O)c1cc(NC(=O)OC(C)(C)C)cc(B(O)O)c1. The highest BCUT2D eigenvalue weighted by molar-refractivity contribution is 6.58. The minimum atomic E-state index is -1.78. The maximum absolute atomic E-state index is 11.7. The number of esters is 1. The number of methoxy groups -OCH3 is 1. The summed E-state index contributed by atoms with van der Waals surface area (Å²) in [5.41, 5.74) is -0.364. The molecule has 0 heterocycles. The van der Waals surface area contributed by atoms with E-state index < -0.39 is 24.8 Å². The van der Waals surface area contributed by atoms with Crippen molar-refractivity contribution < 1.29 is 29.1 Å². The van der Waals surface area contributed by atoms with Gasteiger partial charge in [-0.3, -0.25) is 5.32 Å². The van der Waals surface area contributed by atoms with Crippen molar-refractivity contribution in [2.24, 2.45) is 0 Å². The minimum Gasteiger partial charge on any atom is -0.465 e. The Labute approximate surface area is 123 Å². The van der Waals surface area contributed by atoms with E-state index in [2.05, 4.69) is 10.1 Å². The van der Waals surface area contributed by atoms with Crippen molar-refractivity contribution in [1.82, 2.24) is 0 Å². The molecule has 7 nitrogen and oxygen atoms in total. The van der Waals surface area contributed by atoms with Crippen LogP contribution in [-0.2, 0) is 9.47 Å². The van der Waals surface area contributed by atoms with E-state index in [1.165, 1.54) is 25.3 Å². The van der Waals surface area contributed by atoms with E-state index >= 15 is 0 Å². The summed E-state index contributed by atoms with van der Waals surface area (Å²) in [6, 6.07) is 3.93. The third-order valence-corrected chi connectivity index (χ3v) is 2.32. The van der Waals surface area contributed by atoms with Crippen molar-refractivity contribution in [2.45, 2.75) is 26.4 Å². The first-order valence-electron chi connectivity index (χ1n) is 6.22. The lowest BCUT2D eigenvalue weighted by Gasteiger charge is -2.20. The van der Waals surface area contributed by atoms with Gasteiger partial charge in [-0.05, 0) is 44.4 Å². The van der Waals surface area contributed by atoms with Crippen molar-refractivity contribution in [3.8, 4) is 0 Å². The number of carbonyl (C=O) groups is 2. The van der Waals surface area contributed by atoms with E-state index in [0.717, 1.165) is 0 Å². The van der Waals surface area contributed by atoms with Gasteiger partial charge in [0.1, 0.15) is 5.60 Å². The van der Waals surface area contributed by atoms with Crippen molar-refractivity contribution >= 4 is 30.3 Å². The van der Waals surface area contributed by atoms with Crippen LogP contribution in [0.1, 0.15) is 31.1 Å². The van der Waals surface area contributed by atoms with Gasteiger partial charge >= 0.3 is 19.2 Å². The number of anilines is 1. The van der Waals surface area contributed by atoms with E-state index in [4.69, 9.17) is 4.74 Å². The van der Waals surface area contributed by atoms with Gasteiger partial charge in [-0.2, -0.15) is 0 Å². The van der Waals surface area contributed by atoms with Crippen molar-refractivity contribution in [3.63, 3.8) is 0 Å². The van der Waals surface area contributed by atoms with Crippen molar-refractivity contribution in [3.05, 3.63) is 23.8 Å². The average molecular weight is 295 g/mol. The Kier molecular flexibility index (Phi) is 5.34. The lowest BCUT2D eigenvalue weighted by molar-refractivity contribution is 0.0596. The van der Waals surface area contributed by atoms with E-state index in [0.29, 0.717) is 0 Å². The molecule has 1 amide bonds. The van der Waals surface area contributed by atoms with Gasteiger partial charge < -0.3 is 19.5 Å². The molecule has 0 unspecified atom stereocenters. The third-order valence-electron chi connectivity index (χ3n) is 2.32. The summed E-state index contributed by atoms with van der Waals surface area (Å²) in [5.74, 6) is -0.662. The molecule has 1 rings (SSSR count). The van der Waals surface area contributed by atoms with Crippen LogP contribution in [0.5, 0.6) is 0 Å². The second kappa shape index (κ2) is 6.60. The third kappa shape index (κ3) is 5.45. The normalized spacial score (nSPS) is 10.8. The van der Waals surface area contributed by atoms with Gasteiger partial charge in [0.15, 0.2) is 0 Å². The van der Waals surface area contributed by atoms with Gasteiger partial charge in [-0.1, -0.05) is 0 Å². The minimum absolute atomic E-state index is 0.0453. The summed E-state index contributed by atoms with van der Waals surface area (Å²) in [6.07, 6.45) is -0.720. The fraction of sp³-hybridized carbons (Fsp3) is 0.385. The summed E-state index contributed by atoms with van der Waals surface area (Å²) in [5, 5.41) is 20.8. The molecule has 0 radical (unpaired) electrons. The standard InChI is InChI=1S/C13H18BNO6/c1-13(2,3)21-12(17)15-10-6-8(11(16)20-4)5-9(7-10)14(18)19/h5-7,18-19H,1-4H3,(H,15,17). The van der Waals surface area contributed by atoms with Crippen LogP contribution in [0.4, 0.5) is 10.5 Å². The van der Waals surface area contributed by atoms with Gasteiger partial charge in [-0.25, -0.2) is 9.59 Å². The van der Waals surface area contributed by atoms with Gasteiger partial charge in [-0.15, -0.1) is 0 Å². The Morgan fingerprint density at radius 1 is 1.19 bits per heavy atom. The second-order valence-electron chi connectivity index (χ2n) is 5.34. The van der Waals surface area contributed by atoms with Crippen LogP contribution in [0.25, 0.3) is 0 Å². The molecule has 21 heavy (non-hydrogen) atoms. The molecule has 114 valence electrons. The molecule has 8 heteroatoms. The van der Waals surface area contributed by atoms with Gasteiger partial charge in [0, 0.05) is 5.69 Å². The number of hydrogen-bond acceptors (Lipinski definition) is 6. The number of amides is 1. The molecule has 3 N–H and O–H groups in total. The molecule has 0 bridgehead atoms. The summed E-state index contributed by atoms with van der Waals surface area (Å²) in [7, 11) is -0.584. The van der Waals surface area contributed by atoms with E-state index in [1.54, 1.807) is 20.8 Å². The number of rotatable bonds is 3. The van der Waals surface area contributed by atoms with Crippen LogP contribution in [0, 0.1) is 0 Å². The van der Waals surface area contributed by atoms with Gasteiger partial charge in [0.25, 0.3) is 0 Å². The Hall–Kier alpha value is -2.06. The molecular weight excluding hydrogens is 277 g/mol. The van der Waals surface area contributed by atoms with E-state index in [-0.39, 0.29) is 16.7 Å². The van der Waals surface area contributed by atoms with Gasteiger partial charge in [0.05, 0.1) is 12.7 Å². The summed E-state index contributed by atoms with van der Waals surface area (Å²) in [4.78, 5) is 23.2. The lowest BCUT2D eigenvalue weighted by atomic mass is 9.79. The van der Waals surface area contributed by atoms with Crippen LogP contribution in [-0.4, -0.2) is 41.9 Å². The fourth-order valence-electron chi connectivity index (χ4n) is 1.53. The van der Waals surface area contributed by atoms with E-state index in [1.807, 2.05) is 0 Å². The van der Waals surface area contributed by atoms with Crippen LogP contribution < -0.4 is 10.8 Å². The largest absolute Gasteiger partial charge is 0.488 e. The zero-order chi connectivity index (χ0) is 16.2. The Morgan fingerprint density at radius 3 is 2.29 bits per heavy atom. The smallest absolute Gasteiger partial charge is 0.465 e. The Morgan fingerprint density at radius 2 is 1.81 bits per heavy atom. The molecule has 1 aromatic carbocycles. The topological polar surface area (TPSA) is 105 Å². The zero-order valence-corrected chi connectivity index (χ0v) is 12.3. The van der Waals surface area contributed by atoms with Crippen molar-refractivity contribution in [1.29, 1.82) is 0 Å². The monoisotopic (exact) mass is 295 g/mol. The number of hydrogen-bond donors (Lipinski definition) is 3. The molecule has 0 aromatic heterocycles. The highest BCUT2D eigenvalue weighted by Crippen LogP contribution is 2.13. The molecule has 0 saturated heterocycles. The molecule has 0 atom stereocenters. The van der Waals surface area contributed by atoms with Crippen LogP contribution >= 0.6 is 0 Å². The maximum Gasteiger partial charge on any atom is 0.488 e. The molecule has 0 aliphatic rings. The van der Waals surface area contributed by atoms with Crippen LogP contribution in [0.15, 0.2) is 18.2 Å². The molecular formula is C13H18BNO6. The molecule has 0 aliphatic heterocycles. The number of ether oxygens (including phenoxy) is 2. The number of carbonyl (C=O) groups excluding carboxylic acids is 2.